The molecule has 120 valence electrons. The van der Waals surface area contributed by atoms with Gasteiger partial charge in [0, 0.05) is 12.8 Å². The van der Waals surface area contributed by atoms with Gasteiger partial charge >= 0.3 is 18.0 Å². The van der Waals surface area contributed by atoms with E-state index in [2.05, 4.69) is 6.58 Å². The SMILES string of the molecule is C=C[Si](C)(C)C(F)(F)C(F)(F)C(F)(F)CCC(F)(F)F. The molecule has 0 aromatic heterocycles. The molecule has 0 aromatic carbocycles. The highest BCUT2D eigenvalue weighted by Gasteiger charge is 2.75. The van der Waals surface area contributed by atoms with Crippen LogP contribution in [0.3, 0.4) is 0 Å². The van der Waals surface area contributed by atoms with E-state index in [-0.39, 0.29) is 0 Å². The van der Waals surface area contributed by atoms with Gasteiger partial charge in [-0.05, 0) is 0 Å². The molecule has 0 amide bonds. The van der Waals surface area contributed by atoms with Crippen LogP contribution in [0.1, 0.15) is 12.8 Å². The number of rotatable bonds is 6. The molecule has 0 aliphatic carbocycles. The minimum Gasteiger partial charge on any atom is -0.204 e. The average Bonchev–Trinajstić information content (AvgIpc) is 2.24. The van der Waals surface area contributed by atoms with Crippen molar-refractivity contribution in [2.75, 3.05) is 0 Å². The smallest absolute Gasteiger partial charge is 0.204 e. The Labute approximate surface area is 110 Å². The number of halogens is 9. The van der Waals surface area contributed by atoms with E-state index in [1.807, 2.05) is 0 Å². The van der Waals surface area contributed by atoms with E-state index < -0.39 is 44.5 Å². The quantitative estimate of drug-likeness (QED) is 0.463. The second kappa shape index (κ2) is 5.27. The lowest BCUT2D eigenvalue weighted by molar-refractivity contribution is -0.291. The lowest BCUT2D eigenvalue weighted by atomic mass is 10.1. The predicted octanol–water partition coefficient (Wildman–Crippen LogP) is 5.21. The molecule has 0 radical (unpaired) electrons. The van der Waals surface area contributed by atoms with Crippen molar-refractivity contribution in [1.29, 1.82) is 0 Å². The molecule has 0 fully saturated rings. The van der Waals surface area contributed by atoms with Crippen molar-refractivity contribution in [3.05, 3.63) is 12.3 Å². The summed E-state index contributed by atoms with van der Waals surface area (Å²) in [5, 5.41) is 0. The van der Waals surface area contributed by atoms with Crippen LogP contribution in [0.5, 0.6) is 0 Å². The summed E-state index contributed by atoms with van der Waals surface area (Å²) >= 11 is 0. The van der Waals surface area contributed by atoms with Crippen LogP contribution < -0.4 is 0 Å². The van der Waals surface area contributed by atoms with Crippen molar-refractivity contribution in [3.63, 3.8) is 0 Å². The highest BCUT2D eigenvalue weighted by atomic mass is 28.3. The average molecular weight is 332 g/mol. The molecule has 0 N–H and O–H groups in total. The molecule has 0 aliphatic rings. The van der Waals surface area contributed by atoms with E-state index in [0.717, 1.165) is 0 Å². The fraction of sp³-hybridized carbons (Fsp3) is 0.800. The second-order valence-corrected chi connectivity index (χ2v) is 9.37. The Morgan fingerprint density at radius 2 is 1.25 bits per heavy atom. The molecular weight excluding hydrogens is 319 g/mol. The van der Waals surface area contributed by atoms with Crippen molar-refractivity contribution in [2.45, 2.75) is 49.5 Å². The summed E-state index contributed by atoms with van der Waals surface area (Å²) in [7, 11) is -4.31. The van der Waals surface area contributed by atoms with Crippen LogP contribution in [-0.2, 0) is 0 Å². The Bertz CT molecular complexity index is 356. The molecule has 0 unspecified atom stereocenters. The van der Waals surface area contributed by atoms with Crippen LogP contribution in [0.25, 0.3) is 0 Å². The zero-order valence-electron chi connectivity index (χ0n) is 10.6. The summed E-state index contributed by atoms with van der Waals surface area (Å²) in [5.41, 5.74) is -4.64. The first-order valence-electron chi connectivity index (χ1n) is 5.35. The summed E-state index contributed by atoms with van der Waals surface area (Å²) in [4.78, 5) is 0. The van der Waals surface area contributed by atoms with Crippen molar-refractivity contribution >= 4 is 8.07 Å². The fourth-order valence-corrected chi connectivity index (χ4v) is 2.47. The number of alkyl halides is 9. The molecule has 0 saturated carbocycles. The maximum absolute atomic E-state index is 13.6. The maximum Gasteiger partial charge on any atom is 0.389 e. The second-order valence-electron chi connectivity index (χ2n) is 4.89. The van der Waals surface area contributed by atoms with Gasteiger partial charge in [0.15, 0.2) is 8.07 Å². The summed E-state index contributed by atoms with van der Waals surface area (Å²) in [6, 6.07) is 0. The van der Waals surface area contributed by atoms with Crippen molar-refractivity contribution < 1.29 is 39.5 Å². The van der Waals surface area contributed by atoms with Crippen molar-refractivity contribution in [1.82, 2.24) is 0 Å². The topological polar surface area (TPSA) is 0 Å². The van der Waals surface area contributed by atoms with E-state index >= 15 is 0 Å². The third kappa shape index (κ3) is 3.50. The van der Waals surface area contributed by atoms with Gasteiger partial charge in [-0.25, -0.2) is 8.78 Å². The van der Waals surface area contributed by atoms with Gasteiger partial charge in [0.1, 0.15) is 0 Å². The minimum absolute atomic E-state index is 0.487. The van der Waals surface area contributed by atoms with E-state index in [0.29, 0.717) is 18.8 Å². The van der Waals surface area contributed by atoms with Gasteiger partial charge in [-0.1, -0.05) is 18.8 Å². The monoisotopic (exact) mass is 332 g/mol. The normalized spacial score (nSPS) is 15.3. The first-order chi connectivity index (χ1) is 8.52. The van der Waals surface area contributed by atoms with Gasteiger partial charge in [0.05, 0.1) is 0 Å². The van der Waals surface area contributed by atoms with Gasteiger partial charge in [-0.3, -0.25) is 0 Å². The molecule has 10 heteroatoms. The van der Waals surface area contributed by atoms with Gasteiger partial charge in [-0.2, -0.15) is 30.7 Å². The third-order valence-electron chi connectivity index (χ3n) is 2.90. The largest absolute Gasteiger partial charge is 0.389 e. The van der Waals surface area contributed by atoms with Gasteiger partial charge in [-0.15, -0.1) is 6.58 Å². The zero-order chi connectivity index (χ0) is 16.6. The molecule has 20 heavy (non-hydrogen) atoms. The zero-order valence-corrected chi connectivity index (χ0v) is 11.6. The molecule has 0 spiro atoms. The lowest BCUT2D eigenvalue weighted by Crippen LogP contribution is -2.65. The molecule has 0 bridgehead atoms. The summed E-state index contributed by atoms with van der Waals surface area (Å²) in [6.45, 7) is 4.25. The van der Waals surface area contributed by atoms with Gasteiger partial charge < -0.3 is 0 Å². The minimum atomic E-state index is -5.88. The predicted molar refractivity (Wildman–Crippen MR) is 57.8 cm³/mol. The van der Waals surface area contributed by atoms with E-state index in [9.17, 15) is 39.5 Å². The molecule has 0 rings (SSSR count). The number of hydrogen-bond acceptors (Lipinski definition) is 0. The molecule has 0 saturated heterocycles. The first-order valence-corrected chi connectivity index (χ1v) is 8.43. The van der Waals surface area contributed by atoms with E-state index in [1.54, 1.807) is 0 Å². The molecule has 0 atom stereocenters. The molecule has 0 aliphatic heterocycles. The number of hydrogen-bond donors (Lipinski definition) is 0. The highest BCUT2D eigenvalue weighted by Crippen LogP contribution is 2.52. The summed E-state index contributed by atoms with van der Waals surface area (Å²) in [6.07, 6.45) is -9.82. The Morgan fingerprint density at radius 3 is 1.55 bits per heavy atom. The van der Waals surface area contributed by atoms with Crippen LogP contribution in [-0.4, -0.2) is 31.6 Å². The maximum atomic E-state index is 13.6. The summed E-state index contributed by atoms with van der Waals surface area (Å²) in [5.74, 6) is -11.4. The van der Waals surface area contributed by atoms with Crippen LogP contribution in [0.2, 0.25) is 13.1 Å². The lowest BCUT2D eigenvalue weighted by Gasteiger charge is -2.39. The standard InChI is InChI=1S/C10H13F9Si/c1-4-20(2,3)10(18,19)9(16,17)7(11,12)5-6-8(13,14)15/h4H,1,5-6H2,2-3H3. The molecular formula is C10H13F9Si. The van der Waals surface area contributed by atoms with Crippen molar-refractivity contribution in [3.8, 4) is 0 Å². The van der Waals surface area contributed by atoms with Crippen LogP contribution in [0.15, 0.2) is 12.3 Å². The Morgan fingerprint density at radius 1 is 0.850 bits per heavy atom. The van der Waals surface area contributed by atoms with E-state index in [1.165, 1.54) is 0 Å². The molecule has 0 aromatic rings. The Balaban J connectivity index is 5.44. The molecule has 0 heterocycles. The third-order valence-corrected chi connectivity index (χ3v) is 5.85. The van der Waals surface area contributed by atoms with Crippen molar-refractivity contribution in [2.24, 2.45) is 0 Å². The molecule has 0 nitrogen and oxygen atoms in total. The summed E-state index contributed by atoms with van der Waals surface area (Å²) < 4.78 is 116. The highest BCUT2D eigenvalue weighted by molar-refractivity contribution is 6.84. The van der Waals surface area contributed by atoms with Gasteiger partial charge in [0.2, 0.25) is 0 Å². The van der Waals surface area contributed by atoms with Crippen LogP contribution in [0, 0.1) is 0 Å². The first kappa shape index (κ1) is 19.3. The Kier molecular flexibility index (Phi) is 5.09. The fourth-order valence-electron chi connectivity index (χ4n) is 1.22. The van der Waals surface area contributed by atoms with Gasteiger partial charge in [0.25, 0.3) is 5.55 Å². The van der Waals surface area contributed by atoms with Crippen LogP contribution >= 0.6 is 0 Å². The Hall–Kier alpha value is -0.673. The van der Waals surface area contributed by atoms with E-state index in [4.69, 9.17) is 0 Å². The van der Waals surface area contributed by atoms with Crippen LogP contribution in [0.4, 0.5) is 39.5 Å².